The second kappa shape index (κ2) is 5.41. The Morgan fingerprint density at radius 1 is 1.62 bits per heavy atom. The minimum Gasteiger partial charge on any atom is -0.464 e. The van der Waals surface area contributed by atoms with Crippen LogP contribution in [0.5, 0.6) is 0 Å². The van der Waals surface area contributed by atoms with Crippen molar-refractivity contribution in [2.45, 2.75) is 12.3 Å². The first-order chi connectivity index (χ1) is 7.51. The maximum absolute atomic E-state index is 12.5. The molecule has 0 saturated carbocycles. The van der Waals surface area contributed by atoms with Gasteiger partial charge in [0.05, 0.1) is 12.7 Å². The predicted octanol–water partition coefficient (Wildman–Crippen LogP) is 3.20. The number of rotatable bonds is 3. The zero-order valence-corrected chi connectivity index (χ0v) is 9.65. The Morgan fingerprint density at radius 3 is 2.69 bits per heavy atom. The van der Waals surface area contributed by atoms with E-state index in [4.69, 9.17) is 23.2 Å². The highest BCUT2D eigenvalue weighted by atomic mass is 35.5. The van der Waals surface area contributed by atoms with E-state index in [0.717, 1.165) is 13.2 Å². The summed E-state index contributed by atoms with van der Waals surface area (Å²) in [6, 6.07) is 1.05. The summed E-state index contributed by atoms with van der Waals surface area (Å²) in [6.07, 6.45) is -2.77. The van der Waals surface area contributed by atoms with E-state index in [9.17, 15) is 13.6 Å². The zero-order valence-electron chi connectivity index (χ0n) is 8.14. The van der Waals surface area contributed by atoms with Gasteiger partial charge < -0.3 is 4.74 Å². The molecule has 1 heterocycles. The summed E-state index contributed by atoms with van der Waals surface area (Å²) in [6.45, 7) is 0. The van der Waals surface area contributed by atoms with Crippen LogP contribution in [0.2, 0.25) is 5.15 Å². The third-order valence-electron chi connectivity index (χ3n) is 1.84. The molecule has 0 saturated heterocycles. The predicted molar refractivity (Wildman–Crippen MR) is 55.1 cm³/mol. The van der Waals surface area contributed by atoms with Crippen molar-refractivity contribution >= 4 is 29.2 Å². The van der Waals surface area contributed by atoms with Crippen LogP contribution in [-0.2, 0) is 10.6 Å². The van der Waals surface area contributed by atoms with Crippen molar-refractivity contribution in [1.29, 1.82) is 0 Å². The molecule has 0 fully saturated rings. The summed E-state index contributed by atoms with van der Waals surface area (Å²) in [4.78, 5) is 14.8. The Bertz CT molecular complexity index is 413. The standard InChI is InChI=1S/C9H7Cl2F2NO2/c1-16-9(15)6-4(3-10)2-5(8(12)13)7(11)14-6/h2,8H,3H2,1H3. The van der Waals surface area contributed by atoms with E-state index in [-0.39, 0.29) is 17.1 Å². The molecule has 0 amide bonds. The number of nitrogens with zero attached hydrogens (tertiary/aromatic N) is 1. The van der Waals surface area contributed by atoms with Gasteiger partial charge in [-0.05, 0) is 6.07 Å². The van der Waals surface area contributed by atoms with Gasteiger partial charge >= 0.3 is 5.97 Å². The van der Waals surface area contributed by atoms with Crippen LogP contribution in [0.1, 0.15) is 28.0 Å². The molecule has 0 N–H and O–H groups in total. The van der Waals surface area contributed by atoms with Gasteiger partial charge in [-0.3, -0.25) is 0 Å². The van der Waals surface area contributed by atoms with Crippen LogP contribution < -0.4 is 0 Å². The highest BCUT2D eigenvalue weighted by Crippen LogP contribution is 2.28. The molecule has 0 aliphatic rings. The monoisotopic (exact) mass is 269 g/mol. The van der Waals surface area contributed by atoms with Crippen LogP contribution >= 0.6 is 23.2 Å². The molecule has 1 aromatic rings. The smallest absolute Gasteiger partial charge is 0.357 e. The second-order valence-corrected chi connectivity index (χ2v) is 3.43. The fourth-order valence-corrected chi connectivity index (χ4v) is 1.50. The van der Waals surface area contributed by atoms with E-state index in [1.165, 1.54) is 0 Å². The number of pyridine rings is 1. The van der Waals surface area contributed by atoms with E-state index >= 15 is 0 Å². The third kappa shape index (κ3) is 2.59. The highest BCUT2D eigenvalue weighted by Gasteiger charge is 2.20. The van der Waals surface area contributed by atoms with Gasteiger partial charge in [0.2, 0.25) is 0 Å². The number of hydrogen-bond acceptors (Lipinski definition) is 3. The SMILES string of the molecule is COC(=O)c1nc(Cl)c(C(F)F)cc1CCl. The van der Waals surface area contributed by atoms with Gasteiger partial charge in [0.1, 0.15) is 5.15 Å². The van der Waals surface area contributed by atoms with Crippen LogP contribution in [0, 0.1) is 0 Å². The largest absolute Gasteiger partial charge is 0.464 e. The number of alkyl halides is 3. The first kappa shape index (κ1) is 13.1. The number of hydrogen-bond donors (Lipinski definition) is 0. The molecule has 0 atom stereocenters. The van der Waals surface area contributed by atoms with Gasteiger partial charge in [-0.2, -0.15) is 0 Å². The molecule has 0 aliphatic carbocycles. The van der Waals surface area contributed by atoms with Gasteiger partial charge in [-0.25, -0.2) is 18.6 Å². The van der Waals surface area contributed by atoms with Crippen molar-refractivity contribution in [2.24, 2.45) is 0 Å². The number of halogens is 4. The van der Waals surface area contributed by atoms with E-state index in [2.05, 4.69) is 9.72 Å². The molecule has 1 rings (SSSR count). The van der Waals surface area contributed by atoms with E-state index < -0.39 is 23.1 Å². The summed E-state index contributed by atoms with van der Waals surface area (Å²) in [5, 5.41) is -0.427. The summed E-state index contributed by atoms with van der Waals surface area (Å²) < 4.78 is 29.4. The lowest BCUT2D eigenvalue weighted by Crippen LogP contribution is -2.09. The molecule has 88 valence electrons. The Hall–Kier alpha value is -0.940. The number of carbonyl (C=O) groups is 1. The van der Waals surface area contributed by atoms with Crippen LogP contribution in [0.4, 0.5) is 8.78 Å². The van der Waals surface area contributed by atoms with E-state index in [1.807, 2.05) is 0 Å². The lowest BCUT2D eigenvalue weighted by Gasteiger charge is -2.08. The number of esters is 1. The number of methoxy groups -OCH3 is 1. The van der Waals surface area contributed by atoms with E-state index in [1.54, 1.807) is 0 Å². The molecule has 0 radical (unpaired) electrons. The summed E-state index contributed by atoms with van der Waals surface area (Å²) in [7, 11) is 1.15. The maximum atomic E-state index is 12.5. The highest BCUT2D eigenvalue weighted by molar-refractivity contribution is 6.30. The Labute approximate surface area is 100 Å². The minimum atomic E-state index is -2.77. The first-order valence-corrected chi connectivity index (χ1v) is 5.04. The normalized spacial score (nSPS) is 10.6. The van der Waals surface area contributed by atoms with Gasteiger partial charge in [0.25, 0.3) is 6.43 Å². The van der Waals surface area contributed by atoms with Crippen molar-refractivity contribution in [2.75, 3.05) is 7.11 Å². The molecule has 0 aliphatic heterocycles. The molecule has 0 unspecified atom stereocenters. The zero-order chi connectivity index (χ0) is 12.3. The Kier molecular flexibility index (Phi) is 4.44. The lowest BCUT2D eigenvalue weighted by atomic mass is 10.1. The van der Waals surface area contributed by atoms with Crippen LogP contribution in [-0.4, -0.2) is 18.1 Å². The fourth-order valence-electron chi connectivity index (χ4n) is 1.08. The lowest BCUT2D eigenvalue weighted by molar-refractivity contribution is 0.0592. The first-order valence-electron chi connectivity index (χ1n) is 4.13. The van der Waals surface area contributed by atoms with Gasteiger partial charge in [0, 0.05) is 11.4 Å². The van der Waals surface area contributed by atoms with E-state index in [0.29, 0.717) is 0 Å². The Morgan fingerprint density at radius 2 is 2.25 bits per heavy atom. The molecular weight excluding hydrogens is 263 g/mol. The van der Waals surface area contributed by atoms with Crippen LogP contribution in [0.25, 0.3) is 0 Å². The summed E-state index contributed by atoms with van der Waals surface area (Å²) in [5.74, 6) is -0.896. The average molecular weight is 270 g/mol. The van der Waals surface area contributed by atoms with Crippen molar-refractivity contribution < 1.29 is 18.3 Å². The van der Waals surface area contributed by atoms with Crippen molar-refractivity contribution in [1.82, 2.24) is 4.98 Å². The Balaban J connectivity index is 3.32. The number of ether oxygens (including phenoxy) is 1. The molecule has 7 heteroatoms. The number of aromatic nitrogens is 1. The molecule has 0 aromatic carbocycles. The second-order valence-electron chi connectivity index (χ2n) is 2.80. The molecule has 0 spiro atoms. The van der Waals surface area contributed by atoms with Crippen molar-refractivity contribution in [3.8, 4) is 0 Å². The molecule has 1 aromatic heterocycles. The summed E-state index contributed by atoms with van der Waals surface area (Å²) >= 11 is 11.0. The molecule has 3 nitrogen and oxygen atoms in total. The van der Waals surface area contributed by atoms with Crippen LogP contribution in [0.15, 0.2) is 6.07 Å². The average Bonchev–Trinajstić information content (AvgIpc) is 2.27. The number of carbonyl (C=O) groups excluding carboxylic acids is 1. The molecular formula is C9H7Cl2F2NO2. The topological polar surface area (TPSA) is 39.2 Å². The molecule has 0 bridgehead atoms. The molecule has 16 heavy (non-hydrogen) atoms. The van der Waals surface area contributed by atoms with Gasteiger partial charge in [-0.15, -0.1) is 11.6 Å². The van der Waals surface area contributed by atoms with Crippen molar-refractivity contribution in [3.05, 3.63) is 28.0 Å². The maximum Gasteiger partial charge on any atom is 0.357 e. The summed E-state index contributed by atoms with van der Waals surface area (Å²) in [5.41, 5.74) is -0.440. The van der Waals surface area contributed by atoms with Gasteiger partial charge in [-0.1, -0.05) is 11.6 Å². The minimum absolute atomic E-state index is 0.131. The third-order valence-corrected chi connectivity index (χ3v) is 2.43. The van der Waals surface area contributed by atoms with Crippen molar-refractivity contribution in [3.63, 3.8) is 0 Å². The fraction of sp³-hybridized carbons (Fsp3) is 0.333. The van der Waals surface area contributed by atoms with Gasteiger partial charge in [0.15, 0.2) is 5.69 Å². The quantitative estimate of drug-likeness (QED) is 0.481. The van der Waals surface area contributed by atoms with Crippen LogP contribution in [0.3, 0.4) is 0 Å².